The van der Waals surface area contributed by atoms with Crippen molar-refractivity contribution in [2.24, 2.45) is 0 Å². The van der Waals surface area contributed by atoms with Crippen molar-refractivity contribution >= 4 is 13.7 Å². The van der Waals surface area contributed by atoms with Crippen molar-refractivity contribution in [2.75, 3.05) is 40.9 Å². The Balaban J connectivity index is 4.07. The van der Waals surface area contributed by atoms with Gasteiger partial charge in [0.15, 0.2) is 0 Å². The third kappa shape index (κ3) is 41.0. The van der Waals surface area contributed by atoms with Gasteiger partial charge in [-0.2, -0.15) is 0 Å². The van der Waals surface area contributed by atoms with Gasteiger partial charge < -0.3 is 19.8 Å². The Hall–Kier alpha value is -1.02. The molecule has 0 saturated carbocycles. The highest BCUT2D eigenvalue weighted by molar-refractivity contribution is 7.47. The van der Waals surface area contributed by atoms with Crippen LogP contribution in [0.25, 0.3) is 0 Å². The van der Waals surface area contributed by atoms with E-state index in [4.69, 9.17) is 9.05 Å². The minimum Gasteiger partial charge on any atom is -0.387 e. The third-order valence-corrected chi connectivity index (χ3v) is 11.4. The summed E-state index contributed by atoms with van der Waals surface area (Å²) in [5.41, 5.74) is 0. The maximum Gasteiger partial charge on any atom is 0.472 e. The first kappa shape index (κ1) is 54.0. The molecule has 0 aliphatic rings. The van der Waals surface area contributed by atoms with E-state index < -0.39 is 20.0 Å². The number of carbonyl (C=O) groups excluding carboxylic acids is 1. The molecule has 55 heavy (non-hydrogen) atoms. The van der Waals surface area contributed by atoms with Gasteiger partial charge in [0.2, 0.25) is 5.91 Å². The van der Waals surface area contributed by atoms with Crippen molar-refractivity contribution in [3.05, 3.63) is 24.3 Å². The first-order valence-electron chi connectivity index (χ1n) is 23.2. The molecule has 3 atom stereocenters. The predicted octanol–water partition coefficient (Wildman–Crippen LogP) is 12.9. The number of nitrogens with one attached hydrogen (secondary N) is 1. The first-order chi connectivity index (χ1) is 26.5. The molecule has 0 bridgehead atoms. The molecule has 1 amide bonds. The van der Waals surface area contributed by atoms with Gasteiger partial charge in [-0.3, -0.25) is 13.8 Å². The van der Waals surface area contributed by atoms with E-state index in [1.807, 2.05) is 27.2 Å². The van der Waals surface area contributed by atoms with Crippen molar-refractivity contribution in [3.8, 4) is 0 Å². The summed E-state index contributed by atoms with van der Waals surface area (Å²) in [5, 5.41) is 13.7. The van der Waals surface area contributed by atoms with E-state index in [0.29, 0.717) is 17.4 Å². The molecule has 0 aliphatic carbocycles. The number of hydrogen-bond acceptors (Lipinski definition) is 5. The zero-order valence-electron chi connectivity index (χ0n) is 36.9. The molecule has 0 rings (SSSR count). The van der Waals surface area contributed by atoms with Gasteiger partial charge in [-0.05, 0) is 25.7 Å². The average Bonchev–Trinajstić information content (AvgIpc) is 3.13. The molecule has 0 aliphatic heterocycles. The second-order valence-corrected chi connectivity index (χ2v) is 18.6. The summed E-state index contributed by atoms with van der Waals surface area (Å²) < 4.78 is 23.4. The van der Waals surface area contributed by atoms with Crippen molar-refractivity contribution in [2.45, 2.75) is 225 Å². The Labute approximate surface area is 341 Å². The zero-order chi connectivity index (χ0) is 40.7. The fraction of sp³-hybridized carbons (Fsp3) is 0.891. The van der Waals surface area contributed by atoms with E-state index in [9.17, 15) is 19.4 Å². The Kier molecular flexibility index (Phi) is 37.8. The highest BCUT2D eigenvalue weighted by atomic mass is 31.2. The molecule has 0 radical (unpaired) electrons. The molecule has 0 aromatic carbocycles. The lowest BCUT2D eigenvalue weighted by Crippen LogP contribution is -2.45. The number of rotatable bonds is 42. The monoisotopic (exact) mass is 800 g/mol. The van der Waals surface area contributed by atoms with E-state index in [0.717, 1.165) is 38.5 Å². The van der Waals surface area contributed by atoms with E-state index >= 15 is 0 Å². The smallest absolute Gasteiger partial charge is 0.387 e. The van der Waals surface area contributed by atoms with Crippen molar-refractivity contribution in [3.63, 3.8) is 0 Å². The molecule has 0 aromatic rings. The molecule has 9 heteroatoms. The summed E-state index contributed by atoms with van der Waals surface area (Å²) in [7, 11) is 1.56. The van der Waals surface area contributed by atoms with Gasteiger partial charge in [0, 0.05) is 6.42 Å². The molecule has 3 N–H and O–H groups in total. The van der Waals surface area contributed by atoms with Crippen LogP contribution in [0, 0.1) is 0 Å². The average molecular weight is 800 g/mol. The molecule has 0 spiro atoms. The highest BCUT2D eigenvalue weighted by Crippen LogP contribution is 2.43. The third-order valence-electron chi connectivity index (χ3n) is 10.4. The number of allylic oxidation sites excluding steroid dienone is 3. The van der Waals surface area contributed by atoms with Crippen LogP contribution < -0.4 is 5.32 Å². The summed E-state index contributed by atoms with van der Waals surface area (Å²) >= 11 is 0. The molecule has 0 aromatic heterocycles. The summed E-state index contributed by atoms with van der Waals surface area (Å²) in [6.45, 7) is 4.73. The largest absolute Gasteiger partial charge is 0.472 e. The lowest BCUT2D eigenvalue weighted by Gasteiger charge is -2.25. The second kappa shape index (κ2) is 38.5. The minimum atomic E-state index is -4.33. The van der Waals surface area contributed by atoms with Crippen molar-refractivity contribution in [1.29, 1.82) is 0 Å². The summed E-state index contributed by atoms with van der Waals surface area (Å²) in [4.78, 5) is 23.0. The van der Waals surface area contributed by atoms with Gasteiger partial charge in [-0.1, -0.05) is 205 Å². The Morgan fingerprint density at radius 3 is 1.44 bits per heavy atom. The van der Waals surface area contributed by atoms with Crippen LogP contribution in [0.4, 0.5) is 0 Å². The number of aliphatic hydroxyl groups excluding tert-OH is 1. The number of likely N-dealkylation sites (N-methyl/N-ethyl adjacent to an activating group) is 1. The van der Waals surface area contributed by atoms with Crippen LogP contribution in [0.15, 0.2) is 24.3 Å². The molecule has 0 fully saturated rings. The van der Waals surface area contributed by atoms with Crippen LogP contribution in [-0.2, 0) is 18.4 Å². The highest BCUT2D eigenvalue weighted by Gasteiger charge is 2.27. The quantitative estimate of drug-likeness (QED) is 0.0246. The number of aliphatic hydroxyl groups is 1. The van der Waals surface area contributed by atoms with Crippen LogP contribution in [0.3, 0.4) is 0 Å². The number of hydrogen-bond donors (Lipinski definition) is 3. The van der Waals surface area contributed by atoms with Crippen molar-refractivity contribution in [1.82, 2.24) is 5.32 Å². The van der Waals surface area contributed by atoms with Gasteiger partial charge in [0.25, 0.3) is 0 Å². The van der Waals surface area contributed by atoms with Gasteiger partial charge in [-0.25, -0.2) is 4.57 Å². The topological polar surface area (TPSA) is 105 Å². The fourth-order valence-corrected chi connectivity index (χ4v) is 7.43. The maximum atomic E-state index is 12.8. The van der Waals surface area contributed by atoms with Crippen LogP contribution in [0.2, 0.25) is 0 Å². The zero-order valence-corrected chi connectivity index (χ0v) is 37.8. The normalized spacial score (nSPS) is 14.5. The number of quaternary nitrogens is 1. The number of nitrogens with zero attached hydrogens (tertiary/aromatic N) is 1. The van der Waals surface area contributed by atoms with E-state index in [2.05, 4.69) is 31.3 Å². The maximum absolute atomic E-state index is 12.8. The number of amides is 1. The van der Waals surface area contributed by atoms with Crippen molar-refractivity contribution < 1.29 is 32.9 Å². The second-order valence-electron chi connectivity index (χ2n) is 17.1. The van der Waals surface area contributed by atoms with Gasteiger partial charge >= 0.3 is 7.82 Å². The Morgan fingerprint density at radius 2 is 1.00 bits per heavy atom. The number of phosphoric ester groups is 1. The number of phosphoric acid groups is 1. The van der Waals surface area contributed by atoms with Gasteiger partial charge in [-0.15, -0.1) is 0 Å². The van der Waals surface area contributed by atoms with Crippen LogP contribution in [0.5, 0.6) is 0 Å². The molecule has 3 unspecified atom stereocenters. The van der Waals surface area contributed by atoms with Gasteiger partial charge in [0.1, 0.15) is 13.2 Å². The molecule has 8 nitrogen and oxygen atoms in total. The minimum absolute atomic E-state index is 0.0577. The molecule has 0 heterocycles. The number of unbranched alkanes of at least 4 members (excludes halogenated alkanes) is 27. The van der Waals surface area contributed by atoms with E-state index in [1.165, 1.54) is 154 Å². The standard InChI is InChI=1S/C46H91N2O6P/c1-6-8-10-12-14-16-17-18-19-20-21-22-23-24-25-26-27-28-29-30-31-32-34-36-38-40-46(50)47-44(43-54-55(51,52)53-42-41-48(3,4)5)45(49)39-37-35-33-15-13-11-9-7-2/h13,15,37,39,44-45,49H,6-12,14,16-36,38,40-43H2,1-5H3,(H-,47,50,51,52)/p+1/b15-13+,39-37+. The Morgan fingerprint density at radius 1 is 0.600 bits per heavy atom. The lowest BCUT2D eigenvalue weighted by molar-refractivity contribution is -0.870. The van der Waals surface area contributed by atoms with Crippen LogP contribution >= 0.6 is 7.82 Å². The van der Waals surface area contributed by atoms with Crippen LogP contribution in [0.1, 0.15) is 213 Å². The predicted molar refractivity (Wildman–Crippen MR) is 235 cm³/mol. The lowest BCUT2D eigenvalue weighted by atomic mass is 10.0. The Bertz CT molecular complexity index is 953. The summed E-state index contributed by atoms with van der Waals surface area (Å²) in [6, 6.07) is -0.856. The molecule has 0 saturated heterocycles. The van der Waals surface area contributed by atoms with E-state index in [1.54, 1.807) is 6.08 Å². The number of carbonyl (C=O) groups is 1. The van der Waals surface area contributed by atoms with Crippen LogP contribution in [-0.4, -0.2) is 73.4 Å². The summed E-state index contributed by atoms with van der Waals surface area (Å²) in [5.74, 6) is -0.187. The fourth-order valence-electron chi connectivity index (χ4n) is 6.69. The molecular formula is C46H92N2O6P+. The SMILES string of the molecule is CCCC/C=C/CC/C=C/C(O)C(COP(=O)(O)OCC[N+](C)(C)C)NC(=O)CCCCCCCCCCCCCCCCCCCCCCCCCCC. The van der Waals surface area contributed by atoms with Gasteiger partial charge in [0.05, 0.1) is 39.9 Å². The summed E-state index contributed by atoms with van der Waals surface area (Å²) in [6.07, 6.45) is 45.7. The first-order valence-corrected chi connectivity index (χ1v) is 24.7. The molecule has 326 valence electrons. The van der Waals surface area contributed by atoms with E-state index in [-0.39, 0.29) is 19.1 Å². The molecular weight excluding hydrogens is 707 g/mol.